The molecule has 6 heteroatoms. The van der Waals surface area contributed by atoms with Gasteiger partial charge >= 0.3 is 0 Å². The molecule has 2 unspecified atom stereocenters. The van der Waals surface area contributed by atoms with E-state index in [0.29, 0.717) is 19.4 Å². The van der Waals surface area contributed by atoms with Crippen molar-refractivity contribution in [1.82, 2.24) is 10.6 Å². The molecule has 0 radical (unpaired) electrons. The Morgan fingerprint density at radius 2 is 1.86 bits per heavy atom. The summed E-state index contributed by atoms with van der Waals surface area (Å²) >= 11 is 0. The van der Waals surface area contributed by atoms with Gasteiger partial charge in [-0.05, 0) is 38.3 Å². The minimum Gasteiger partial charge on any atom is -0.368 e. The number of amides is 2. The van der Waals surface area contributed by atoms with E-state index in [-0.39, 0.29) is 17.9 Å². The van der Waals surface area contributed by atoms with Gasteiger partial charge in [-0.3, -0.25) is 9.59 Å². The number of carbonyl (C=O) groups is 2. The van der Waals surface area contributed by atoms with Gasteiger partial charge in [-0.25, -0.2) is 0 Å². The summed E-state index contributed by atoms with van der Waals surface area (Å²) in [7, 11) is 1.71. The quantitative estimate of drug-likeness (QED) is 0.453. The van der Waals surface area contributed by atoms with Crippen LogP contribution in [0.2, 0.25) is 0 Å². The minimum atomic E-state index is -0.543. The van der Waals surface area contributed by atoms with Crippen LogP contribution in [0.25, 0.3) is 0 Å². The van der Waals surface area contributed by atoms with Gasteiger partial charge in [-0.2, -0.15) is 0 Å². The van der Waals surface area contributed by atoms with E-state index in [1.807, 2.05) is 30.3 Å². The maximum absolute atomic E-state index is 11.9. The number of primary amides is 1. The van der Waals surface area contributed by atoms with Gasteiger partial charge in [0, 0.05) is 6.54 Å². The maximum atomic E-state index is 11.9. The van der Waals surface area contributed by atoms with Crippen molar-refractivity contribution in [2.24, 2.45) is 11.5 Å². The number of likely N-dealkylation sites (N-methyl/N-ethyl adjacent to an activating group) is 1. The van der Waals surface area contributed by atoms with Crippen molar-refractivity contribution in [3.05, 3.63) is 35.9 Å². The van der Waals surface area contributed by atoms with E-state index in [1.54, 1.807) is 7.05 Å². The topological polar surface area (TPSA) is 110 Å². The van der Waals surface area contributed by atoms with Crippen LogP contribution in [0, 0.1) is 0 Å². The summed E-state index contributed by atoms with van der Waals surface area (Å²) in [4.78, 5) is 22.9. The van der Waals surface area contributed by atoms with E-state index in [1.165, 1.54) is 0 Å². The molecule has 0 fully saturated rings. The van der Waals surface area contributed by atoms with E-state index in [4.69, 9.17) is 11.5 Å². The highest BCUT2D eigenvalue weighted by atomic mass is 16.2. The largest absolute Gasteiger partial charge is 0.368 e. The molecule has 2 atom stereocenters. The molecule has 0 saturated carbocycles. The van der Waals surface area contributed by atoms with Gasteiger partial charge in [0.05, 0.1) is 12.1 Å². The predicted molar refractivity (Wildman–Crippen MR) is 87.0 cm³/mol. The fraction of sp³-hybridized carbons (Fsp3) is 0.500. The first-order valence-electron chi connectivity index (χ1n) is 7.58. The van der Waals surface area contributed by atoms with Crippen LogP contribution >= 0.6 is 0 Å². The molecule has 0 spiro atoms. The summed E-state index contributed by atoms with van der Waals surface area (Å²) in [6, 6.07) is 8.84. The van der Waals surface area contributed by atoms with Gasteiger partial charge in [-0.15, -0.1) is 0 Å². The number of benzene rings is 1. The van der Waals surface area contributed by atoms with E-state index < -0.39 is 6.04 Å². The molecule has 1 rings (SSSR count). The van der Waals surface area contributed by atoms with Gasteiger partial charge in [0.1, 0.15) is 0 Å². The fourth-order valence-corrected chi connectivity index (χ4v) is 2.21. The third kappa shape index (κ3) is 6.69. The first-order valence-corrected chi connectivity index (χ1v) is 7.58. The standard InChI is InChI=1S/C16H26N4O2/c1-19-14(15(18)21)9-5-6-10-20-16(22)13(17)11-12-7-3-2-4-8-12/h2-4,7-8,13-14,19H,5-6,9-11,17H2,1H3,(H2,18,21)(H,20,22). The Kier molecular flexibility index (Phi) is 8.17. The number of rotatable bonds is 10. The van der Waals surface area contributed by atoms with Crippen molar-refractivity contribution in [1.29, 1.82) is 0 Å². The summed E-state index contributed by atoms with van der Waals surface area (Å²) in [6.07, 6.45) is 2.78. The number of unbranched alkanes of at least 4 members (excludes halogenated alkanes) is 1. The molecule has 1 aromatic rings. The molecule has 6 nitrogen and oxygen atoms in total. The molecule has 0 aliphatic heterocycles. The van der Waals surface area contributed by atoms with Crippen molar-refractivity contribution in [2.75, 3.05) is 13.6 Å². The summed E-state index contributed by atoms with van der Waals surface area (Å²) in [6.45, 7) is 0.552. The molecule has 22 heavy (non-hydrogen) atoms. The van der Waals surface area contributed by atoms with Crippen molar-refractivity contribution in [3.8, 4) is 0 Å². The first kappa shape index (κ1) is 18.1. The number of hydrogen-bond donors (Lipinski definition) is 4. The van der Waals surface area contributed by atoms with Gasteiger partial charge in [0.15, 0.2) is 0 Å². The molecular formula is C16H26N4O2. The molecule has 0 aliphatic carbocycles. The van der Waals surface area contributed by atoms with E-state index in [9.17, 15) is 9.59 Å². The van der Waals surface area contributed by atoms with E-state index >= 15 is 0 Å². The van der Waals surface area contributed by atoms with Gasteiger partial charge in [-0.1, -0.05) is 30.3 Å². The molecule has 6 N–H and O–H groups in total. The average molecular weight is 306 g/mol. The zero-order valence-electron chi connectivity index (χ0n) is 13.0. The lowest BCUT2D eigenvalue weighted by Gasteiger charge is -2.14. The molecule has 0 bridgehead atoms. The second-order valence-electron chi connectivity index (χ2n) is 5.33. The van der Waals surface area contributed by atoms with Crippen LogP contribution in [0.5, 0.6) is 0 Å². The lowest BCUT2D eigenvalue weighted by molar-refractivity contribution is -0.122. The Morgan fingerprint density at radius 1 is 1.18 bits per heavy atom. The Hall–Kier alpha value is -1.92. The summed E-state index contributed by atoms with van der Waals surface area (Å²) in [5, 5.41) is 5.69. The predicted octanol–water partition coefficient (Wildman–Crippen LogP) is -0.0838. The molecule has 1 aromatic carbocycles. The van der Waals surface area contributed by atoms with Crippen LogP contribution < -0.4 is 22.1 Å². The second kappa shape index (κ2) is 9.92. The normalized spacial score (nSPS) is 13.4. The van der Waals surface area contributed by atoms with Crippen LogP contribution in [0.1, 0.15) is 24.8 Å². The molecular weight excluding hydrogens is 280 g/mol. The number of nitrogens with two attached hydrogens (primary N) is 2. The minimum absolute atomic E-state index is 0.149. The Bertz CT molecular complexity index is 464. The molecule has 122 valence electrons. The van der Waals surface area contributed by atoms with E-state index in [0.717, 1.165) is 18.4 Å². The average Bonchev–Trinajstić information content (AvgIpc) is 2.51. The number of hydrogen-bond acceptors (Lipinski definition) is 4. The highest BCUT2D eigenvalue weighted by Gasteiger charge is 2.14. The van der Waals surface area contributed by atoms with Crippen LogP contribution in [0.15, 0.2) is 30.3 Å². The van der Waals surface area contributed by atoms with Crippen LogP contribution in [-0.2, 0) is 16.0 Å². The molecule has 0 heterocycles. The van der Waals surface area contributed by atoms with Crippen LogP contribution in [0.4, 0.5) is 0 Å². The van der Waals surface area contributed by atoms with Gasteiger partial charge in [0.2, 0.25) is 11.8 Å². The van der Waals surface area contributed by atoms with E-state index in [2.05, 4.69) is 10.6 Å². The SMILES string of the molecule is CNC(CCCCNC(=O)C(N)Cc1ccccc1)C(N)=O. The van der Waals surface area contributed by atoms with Crippen LogP contribution in [-0.4, -0.2) is 37.5 Å². The highest BCUT2D eigenvalue weighted by Crippen LogP contribution is 2.02. The molecule has 2 amide bonds. The Labute approximate surface area is 131 Å². The fourth-order valence-electron chi connectivity index (χ4n) is 2.21. The smallest absolute Gasteiger partial charge is 0.237 e. The summed E-state index contributed by atoms with van der Waals surface area (Å²) in [5.74, 6) is -0.500. The molecule has 0 aromatic heterocycles. The third-order valence-corrected chi connectivity index (χ3v) is 3.55. The third-order valence-electron chi connectivity index (χ3n) is 3.55. The summed E-state index contributed by atoms with van der Waals surface area (Å²) in [5.41, 5.74) is 12.2. The van der Waals surface area contributed by atoms with Crippen molar-refractivity contribution >= 4 is 11.8 Å². The Balaban J connectivity index is 2.19. The first-order chi connectivity index (χ1) is 10.5. The van der Waals surface area contributed by atoms with Gasteiger partial charge < -0.3 is 22.1 Å². The zero-order valence-corrected chi connectivity index (χ0v) is 13.0. The number of carbonyl (C=O) groups excluding carboxylic acids is 2. The van der Waals surface area contributed by atoms with Crippen molar-refractivity contribution in [3.63, 3.8) is 0 Å². The lowest BCUT2D eigenvalue weighted by Crippen LogP contribution is -2.42. The highest BCUT2D eigenvalue weighted by molar-refractivity contribution is 5.81. The van der Waals surface area contributed by atoms with Crippen LogP contribution in [0.3, 0.4) is 0 Å². The number of nitrogens with one attached hydrogen (secondary N) is 2. The van der Waals surface area contributed by atoms with Gasteiger partial charge in [0.25, 0.3) is 0 Å². The Morgan fingerprint density at radius 3 is 2.45 bits per heavy atom. The zero-order chi connectivity index (χ0) is 16.4. The molecule has 0 aliphatic rings. The maximum Gasteiger partial charge on any atom is 0.237 e. The second-order valence-corrected chi connectivity index (χ2v) is 5.33. The lowest BCUT2D eigenvalue weighted by atomic mass is 10.1. The summed E-state index contributed by atoms with van der Waals surface area (Å²) < 4.78 is 0. The molecule has 0 saturated heterocycles. The van der Waals surface area contributed by atoms with Crippen molar-refractivity contribution < 1.29 is 9.59 Å². The van der Waals surface area contributed by atoms with Crippen molar-refractivity contribution in [2.45, 2.75) is 37.8 Å². The monoisotopic (exact) mass is 306 g/mol.